The molecule has 0 spiro atoms. The van der Waals surface area contributed by atoms with Gasteiger partial charge in [0.1, 0.15) is 0 Å². The van der Waals surface area contributed by atoms with Crippen molar-refractivity contribution in [3.63, 3.8) is 0 Å². The summed E-state index contributed by atoms with van der Waals surface area (Å²) in [5.41, 5.74) is 0. The second-order valence-corrected chi connectivity index (χ2v) is 3.93. The monoisotopic (exact) mass is 199 g/mol. The number of carboxylic acid groups (broad SMARTS) is 1. The van der Waals surface area contributed by atoms with Gasteiger partial charge in [-0.25, -0.2) is 0 Å². The quantitative estimate of drug-likeness (QED) is 0.713. The summed E-state index contributed by atoms with van der Waals surface area (Å²) in [5.74, 6) is -0.958. The number of carbonyl (C=O) groups is 2. The van der Waals surface area contributed by atoms with Crippen molar-refractivity contribution in [2.75, 3.05) is 6.54 Å². The lowest BCUT2D eigenvalue weighted by atomic mass is 9.79. The van der Waals surface area contributed by atoms with Gasteiger partial charge in [0.15, 0.2) is 0 Å². The van der Waals surface area contributed by atoms with Crippen molar-refractivity contribution in [1.29, 1.82) is 0 Å². The first-order valence-electron chi connectivity index (χ1n) is 5.08. The normalized spacial score (nSPS) is 26.9. The van der Waals surface area contributed by atoms with Crippen LogP contribution in [-0.4, -0.2) is 23.5 Å². The number of amides is 1. The maximum absolute atomic E-state index is 10.9. The predicted molar refractivity (Wildman–Crippen MR) is 51.8 cm³/mol. The zero-order chi connectivity index (χ0) is 10.6. The molecule has 4 heteroatoms. The fourth-order valence-corrected chi connectivity index (χ4v) is 2.05. The van der Waals surface area contributed by atoms with E-state index in [1.165, 1.54) is 6.92 Å². The van der Waals surface area contributed by atoms with Crippen LogP contribution in [0.2, 0.25) is 0 Å². The van der Waals surface area contributed by atoms with E-state index in [0.29, 0.717) is 6.54 Å². The fraction of sp³-hybridized carbons (Fsp3) is 0.800. The predicted octanol–water partition coefficient (Wildman–Crippen LogP) is 1.01. The van der Waals surface area contributed by atoms with Crippen molar-refractivity contribution in [2.24, 2.45) is 11.8 Å². The van der Waals surface area contributed by atoms with Gasteiger partial charge in [0, 0.05) is 13.5 Å². The number of carbonyl (C=O) groups excluding carboxylic acids is 1. The van der Waals surface area contributed by atoms with E-state index in [9.17, 15) is 9.59 Å². The Hall–Kier alpha value is -1.06. The molecule has 2 atom stereocenters. The Bertz CT molecular complexity index is 227. The smallest absolute Gasteiger partial charge is 0.306 e. The highest BCUT2D eigenvalue weighted by Gasteiger charge is 2.30. The summed E-state index contributed by atoms with van der Waals surface area (Å²) >= 11 is 0. The van der Waals surface area contributed by atoms with Crippen LogP contribution in [0.3, 0.4) is 0 Å². The van der Waals surface area contributed by atoms with Gasteiger partial charge in [-0.05, 0) is 18.8 Å². The molecule has 2 N–H and O–H groups in total. The third kappa shape index (κ3) is 3.01. The average Bonchev–Trinajstić information content (AvgIpc) is 2.15. The summed E-state index contributed by atoms with van der Waals surface area (Å²) in [6, 6.07) is 0. The third-order valence-corrected chi connectivity index (χ3v) is 2.84. The first-order chi connectivity index (χ1) is 6.61. The Morgan fingerprint density at radius 3 is 2.57 bits per heavy atom. The highest BCUT2D eigenvalue weighted by molar-refractivity contribution is 5.73. The summed E-state index contributed by atoms with van der Waals surface area (Å²) in [5, 5.41) is 11.7. The third-order valence-electron chi connectivity index (χ3n) is 2.84. The molecule has 1 rings (SSSR count). The summed E-state index contributed by atoms with van der Waals surface area (Å²) in [7, 11) is 0. The van der Waals surface area contributed by atoms with Gasteiger partial charge >= 0.3 is 5.97 Å². The van der Waals surface area contributed by atoms with E-state index in [1.807, 2.05) is 0 Å². The molecule has 80 valence electrons. The minimum Gasteiger partial charge on any atom is -0.481 e. The Morgan fingerprint density at radius 1 is 1.36 bits per heavy atom. The Labute approximate surface area is 83.7 Å². The van der Waals surface area contributed by atoms with Gasteiger partial charge in [-0.15, -0.1) is 0 Å². The highest BCUT2D eigenvalue weighted by atomic mass is 16.4. The molecule has 0 radical (unpaired) electrons. The summed E-state index contributed by atoms with van der Waals surface area (Å²) in [6.07, 6.45) is 3.73. The van der Waals surface area contributed by atoms with E-state index in [-0.39, 0.29) is 17.7 Å². The van der Waals surface area contributed by atoms with Gasteiger partial charge in [-0.1, -0.05) is 12.8 Å². The van der Waals surface area contributed by atoms with Gasteiger partial charge in [0.2, 0.25) is 5.91 Å². The van der Waals surface area contributed by atoms with Gasteiger partial charge in [0.25, 0.3) is 0 Å². The molecule has 0 aromatic carbocycles. The molecule has 0 heterocycles. The molecule has 14 heavy (non-hydrogen) atoms. The molecule has 1 saturated carbocycles. The Balaban J connectivity index is 2.45. The van der Waals surface area contributed by atoms with E-state index in [1.54, 1.807) is 0 Å². The van der Waals surface area contributed by atoms with Crippen molar-refractivity contribution in [2.45, 2.75) is 32.6 Å². The fourth-order valence-electron chi connectivity index (χ4n) is 2.05. The van der Waals surface area contributed by atoms with Crippen molar-refractivity contribution in [1.82, 2.24) is 5.32 Å². The van der Waals surface area contributed by atoms with E-state index in [0.717, 1.165) is 25.7 Å². The Morgan fingerprint density at radius 2 is 2.00 bits per heavy atom. The highest BCUT2D eigenvalue weighted by Crippen LogP contribution is 2.29. The molecule has 1 aliphatic carbocycles. The number of hydrogen-bond donors (Lipinski definition) is 2. The number of rotatable bonds is 3. The number of nitrogens with one attached hydrogen (secondary N) is 1. The van der Waals surface area contributed by atoms with Crippen LogP contribution >= 0.6 is 0 Å². The molecule has 0 bridgehead atoms. The van der Waals surface area contributed by atoms with Gasteiger partial charge < -0.3 is 10.4 Å². The van der Waals surface area contributed by atoms with Crippen LogP contribution in [0.15, 0.2) is 0 Å². The van der Waals surface area contributed by atoms with Gasteiger partial charge in [-0.3, -0.25) is 9.59 Å². The Kier molecular flexibility index (Phi) is 3.92. The molecular formula is C10H17NO3. The van der Waals surface area contributed by atoms with Gasteiger partial charge in [0.05, 0.1) is 5.92 Å². The molecule has 0 saturated heterocycles. The lowest BCUT2D eigenvalue weighted by Crippen LogP contribution is -2.36. The first-order valence-corrected chi connectivity index (χ1v) is 5.08. The maximum Gasteiger partial charge on any atom is 0.306 e. The van der Waals surface area contributed by atoms with Crippen LogP contribution in [0, 0.1) is 11.8 Å². The molecule has 0 aromatic heterocycles. The molecule has 4 nitrogen and oxygen atoms in total. The van der Waals surface area contributed by atoms with Crippen molar-refractivity contribution in [3.05, 3.63) is 0 Å². The van der Waals surface area contributed by atoms with Crippen molar-refractivity contribution < 1.29 is 14.7 Å². The van der Waals surface area contributed by atoms with Crippen LogP contribution in [0.4, 0.5) is 0 Å². The molecular weight excluding hydrogens is 182 g/mol. The topological polar surface area (TPSA) is 66.4 Å². The van der Waals surface area contributed by atoms with E-state index in [4.69, 9.17) is 5.11 Å². The minimum atomic E-state index is -0.722. The largest absolute Gasteiger partial charge is 0.481 e. The molecule has 0 aromatic rings. The molecule has 1 fully saturated rings. The second-order valence-electron chi connectivity index (χ2n) is 3.93. The first kappa shape index (κ1) is 11.0. The maximum atomic E-state index is 10.9. The van der Waals surface area contributed by atoms with Crippen LogP contribution in [-0.2, 0) is 9.59 Å². The zero-order valence-corrected chi connectivity index (χ0v) is 8.45. The van der Waals surface area contributed by atoms with Crippen LogP contribution in [0.25, 0.3) is 0 Å². The summed E-state index contributed by atoms with van der Waals surface area (Å²) < 4.78 is 0. The lowest BCUT2D eigenvalue weighted by molar-refractivity contribution is -0.145. The van der Waals surface area contributed by atoms with Crippen molar-refractivity contribution in [3.8, 4) is 0 Å². The molecule has 1 amide bonds. The minimum absolute atomic E-state index is 0.0836. The standard InChI is InChI=1S/C10H17NO3/c1-7(12)11-6-8-4-2-3-5-9(8)10(13)14/h8-9H,2-6H2,1H3,(H,11,12)(H,13,14). The molecule has 0 aliphatic heterocycles. The van der Waals surface area contributed by atoms with Crippen LogP contribution in [0.1, 0.15) is 32.6 Å². The average molecular weight is 199 g/mol. The van der Waals surface area contributed by atoms with Gasteiger partial charge in [-0.2, -0.15) is 0 Å². The van der Waals surface area contributed by atoms with Crippen LogP contribution in [0.5, 0.6) is 0 Å². The van der Waals surface area contributed by atoms with E-state index >= 15 is 0 Å². The van der Waals surface area contributed by atoms with Crippen molar-refractivity contribution >= 4 is 11.9 Å². The SMILES string of the molecule is CC(=O)NCC1CCCCC1C(=O)O. The summed E-state index contributed by atoms with van der Waals surface area (Å²) in [6.45, 7) is 1.96. The van der Waals surface area contributed by atoms with Crippen LogP contribution < -0.4 is 5.32 Å². The molecule has 1 aliphatic rings. The zero-order valence-electron chi connectivity index (χ0n) is 8.45. The molecule has 2 unspecified atom stereocenters. The number of hydrogen-bond acceptors (Lipinski definition) is 2. The van der Waals surface area contributed by atoms with E-state index in [2.05, 4.69) is 5.32 Å². The number of aliphatic carboxylic acids is 1. The lowest BCUT2D eigenvalue weighted by Gasteiger charge is -2.28. The summed E-state index contributed by atoms with van der Waals surface area (Å²) in [4.78, 5) is 21.6. The second kappa shape index (κ2) is 4.98. The van der Waals surface area contributed by atoms with E-state index < -0.39 is 5.97 Å². The number of carboxylic acids is 1.